The van der Waals surface area contributed by atoms with Crippen LogP contribution >= 0.6 is 27.5 Å². The summed E-state index contributed by atoms with van der Waals surface area (Å²) in [6.07, 6.45) is 1.48. The van der Waals surface area contributed by atoms with Crippen LogP contribution in [0.4, 0.5) is 0 Å². The lowest BCUT2D eigenvalue weighted by atomic mass is 10.1. The zero-order chi connectivity index (χ0) is 12.3. The van der Waals surface area contributed by atoms with Crippen LogP contribution in [0.15, 0.2) is 47.1 Å². The van der Waals surface area contributed by atoms with Crippen LogP contribution in [-0.2, 0) is 6.42 Å². The molecule has 2 aromatic rings. The minimum atomic E-state index is -0.603. The summed E-state index contributed by atoms with van der Waals surface area (Å²) in [5.41, 5.74) is 1.70. The van der Waals surface area contributed by atoms with E-state index >= 15 is 0 Å². The third-order valence-electron chi connectivity index (χ3n) is 2.43. The monoisotopic (exact) mass is 311 g/mol. The van der Waals surface area contributed by atoms with Gasteiger partial charge < -0.3 is 5.11 Å². The van der Waals surface area contributed by atoms with Crippen molar-refractivity contribution in [2.45, 2.75) is 12.5 Å². The van der Waals surface area contributed by atoms with Crippen molar-refractivity contribution >= 4 is 27.5 Å². The van der Waals surface area contributed by atoms with Gasteiger partial charge in [-0.05, 0) is 29.8 Å². The highest BCUT2D eigenvalue weighted by atomic mass is 79.9. The molecule has 0 bridgehead atoms. The average Bonchev–Trinajstić information content (AvgIpc) is 2.33. The third kappa shape index (κ3) is 3.53. The molecule has 0 amide bonds. The lowest BCUT2D eigenvalue weighted by Gasteiger charge is -2.10. The summed E-state index contributed by atoms with van der Waals surface area (Å²) in [5, 5.41) is 10.6. The van der Waals surface area contributed by atoms with Gasteiger partial charge in [-0.15, -0.1) is 0 Å². The van der Waals surface area contributed by atoms with E-state index in [1.165, 1.54) is 0 Å². The van der Waals surface area contributed by atoms with E-state index in [1.807, 2.05) is 24.3 Å². The second-order valence-electron chi connectivity index (χ2n) is 3.75. The Kier molecular flexibility index (Phi) is 4.15. The van der Waals surface area contributed by atoms with E-state index in [0.29, 0.717) is 17.1 Å². The van der Waals surface area contributed by atoms with Crippen LogP contribution < -0.4 is 0 Å². The standard InChI is InChI=1S/C13H11BrClNO/c14-10-3-1-9(2-4-10)7-13(17)12-6-5-11(15)8-16-12/h1-6,8,13,17H,7H2. The Hall–Kier alpha value is -0.900. The highest BCUT2D eigenvalue weighted by Gasteiger charge is 2.09. The Morgan fingerprint density at radius 1 is 1.18 bits per heavy atom. The van der Waals surface area contributed by atoms with E-state index in [0.717, 1.165) is 10.0 Å². The topological polar surface area (TPSA) is 33.1 Å². The first-order valence-electron chi connectivity index (χ1n) is 5.19. The predicted molar refractivity (Wildman–Crippen MR) is 72.1 cm³/mol. The minimum absolute atomic E-state index is 0.544. The van der Waals surface area contributed by atoms with Crippen LogP contribution in [0.3, 0.4) is 0 Å². The normalized spacial score (nSPS) is 12.4. The van der Waals surface area contributed by atoms with E-state index in [-0.39, 0.29) is 0 Å². The summed E-state index contributed by atoms with van der Waals surface area (Å²) in [4.78, 5) is 4.10. The van der Waals surface area contributed by atoms with E-state index in [2.05, 4.69) is 20.9 Å². The van der Waals surface area contributed by atoms with Crippen molar-refractivity contribution in [1.82, 2.24) is 4.98 Å². The average molecular weight is 313 g/mol. The first-order valence-corrected chi connectivity index (χ1v) is 6.36. The minimum Gasteiger partial charge on any atom is -0.386 e. The lowest BCUT2D eigenvalue weighted by molar-refractivity contribution is 0.173. The third-order valence-corrected chi connectivity index (χ3v) is 3.19. The molecule has 1 aromatic heterocycles. The molecular formula is C13H11BrClNO. The SMILES string of the molecule is OC(Cc1ccc(Br)cc1)c1ccc(Cl)cn1. The number of hydrogen-bond donors (Lipinski definition) is 1. The van der Waals surface area contributed by atoms with Crippen molar-refractivity contribution in [3.8, 4) is 0 Å². The number of hydrogen-bond acceptors (Lipinski definition) is 2. The zero-order valence-electron chi connectivity index (χ0n) is 8.98. The number of benzene rings is 1. The van der Waals surface area contributed by atoms with Crippen LogP contribution in [0, 0.1) is 0 Å². The number of pyridine rings is 1. The summed E-state index contributed by atoms with van der Waals surface area (Å²) < 4.78 is 1.03. The van der Waals surface area contributed by atoms with Crippen molar-refractivity contribution in [2.75, 3.05) is 0 Å². The van der Waals surface area contributed by atoms with Crippen LogP contribution in [0.25, 0.3) is 0 Å². The van der Waals surface area contributed by atoms with E-state index in [1.54, 1.807) is 18.3 Å². The van der Waals surface area contributed by atoms with Crippen molar-refractivity contribution in [3.63, 3.8) is 0 Å². The number of halogens is 2. The molecule has 0 spiro atoms. The molecule has 88 valence electrons. The van der Waals surface area contributed by atoms with Gasteiger partial charge in [0.05, 0.1) is 16.8 Å². The quantitative estimate of drug-likeness (QED) is 0.936. The van der Waals surface area contributed by atoms with Gasteiger partial charge in [-0.2, -0.15) is 0 Å². The van der Waals surface area contributed by atoms with E-state index in [4.69, 9.17) is 11.6 Å². The predicted octanol–water partition coefficient (Wildman–Crippen LogP) is 3.77. The van der Waals surface area contributed by atoms with Gasteiger partial charge in [-0.25, -0.2) is 0 Å². The fraction of sp³-hybridized carbons (Fsp3) is 0.154. The van der Waals surface area contributed by atoms with Crippen molar-refractivity contribution in [3.05, 3.63) is 63.3 Å². The van der Waals surface area contributed by atoms with Crippen LogP contribution in [-0.4, -0.2) is 10.1 Å². The summed E-state index contributed by atoms with van der Waals surface area (Å²) >= 11 is 9.12. The first kappa shape index (κ1) is 12.6. The van der Waals surface area contributed by atoms with Gasteiger partial charge in [0, 0.05) is 17.1 Å². The highest BCUT2D eigenvalue weighted by Crippen LogP contribution is 2.19. The second-order valence-corrected chi connectivity index (χ2v) is 5.10. The van der Waals surface area contributed by atoms with E-state index < -0.39 is 6.10 Å². The molecule has 0 aliphatic heterocycles. The van der Waals surface area contributed by atoms with Crippen molar-refractivity contribution < 1.29 is 5.11 Å². The maximum Gasteiger partial charge on any atom is 0.0999 e. The van der Waals surface area contributed by atoms with Crippen molar-refractivity contribution in [1.29, 1.82) is 0 Å². The number of nitrogens with zero attached hydrogens (tertiary/aromatic N) is 1. The Morgan fingerprint density at radius 2 is 1.88 bits per heavy atom. The molecule has 0 saturated heterocycles. The second kappa shape index (κ2) is 5.63. The fourth-order valence-corrected chi connectivity index (χ4v) is 1.91. The van der Waals surface area contributed by atoms with Crippen molar-refractivity contribution in [2.24, 2.45) is 0 Å². The molecule has 1 heterocycles. The largest absolute Gasteiger partial charge is 0.386 e. The molecule has 2 rings (SSSR count). The van der Waals surface area contributed by atoms with Crippen LogP contribution in [0.2, 0.25) is 5.02 Å². The van der Waals surface area contributed by atoms with Gasteiger partial charge in [0.1, 0.15) is 0 Å². The summed E-state index contributed by atoms with van der Waals surface area (Å²) in [6.45, 7) is 0. The molecule has 0 aliphatic rings. The Morgan fingerprint density at radius 3 is 2.47 bits per heavy atom. The van der Waals surface area contributed by atoms with Gasteiger partial charge in [-0.1, -0.05) is 39.7 Å². The van der Waals surface area contributed by atoms with E-state index in [9.17, 15) is 5.11 Å². The molecule has 0 aliphatic carbocycles. The maximum absolute atomic E-state index is 10.0. The van der Waals surface area contributed by atoms with Gasteiger partial charge in [0.15, 0.2) is 0 Å². The molecule has 0 radical (unpaired) electrons. The summed E-state index contributed by atoms with van der Waals surface area (Å²) in [6, 6.07) is 11.3. The number of aromatic nitrogens is 1. The Bertz CT molecular complexity index is 484. The van der Waals surface area contributed by atoms with Crippen LogP contribution in [0.1, 0.15) is 17.4 Å². The van der Waals surface area contributed by atoms with Crippen LogP contribution in [0.5, 0.6) is 0 Å². The number of aliphatic hydroxyl groups excluding tert-OH is 1. The molecule has 1 N–H and O–H groups in total. The molecule has 1 aromatic carbocycles. The number of rotatable bonds is 3. The van der Waals surface area contributed by atoms with Gasteiger partial charge in [0.2, 0.25) is 0 Å². The summed E-state index contributed by atoms with van der Waals surface area (Å²) in [7, 11) is 0. The highest BCUT2D eigenvalue weighted by molar-refractivity contribution is 9.10. The fourth-order valence-electron chi connectivity index (χ4n) is 1.53. The zero-order valence-corrected chi connectivity index (χ0v) is 11.3. The first-order chi connectivity index (χ1) is 8.15. The molecular weight excluding hydrogens is 302 g/mol. The Labute approximate surface area is 113 Å². The molecule has 17 heavy (non-hydrogen) atoms. The molecule has 2 nitrogen and oxygen atoms in total. The smallest absolute Gasteiger partial charge is 0.0999 e. The van der Waals surface area contributed by atoms with Gasteiger partial charge >= 0.3 is 0 Å². The lowest BCUT2D eigenvalue weighted by Crippen LogP contribution is -2.03. The van der Waals surface area contributed by atoms with Gasteiger partial charge in [0.25, 0.3) is 0 Å². The molecule has 1 unspecified atom stereocenters. The molecule has 0 saturated carbocycles. The maximum atomic E-state index is 10.0. The molecule has 4 heteroatoms. The number of aliphatic hydroxyl groups is 1. The molecule has 0 fully saturated rings. The summed E-state index contributed by atoms with van der Waals surface area (Å²) in [5.74, 6) is 0. The van der Waals surface area contributed by atoms with Gasteiger partial charge in [-0.3, -0.25) is 4.98 Å². The molecule has 1 atom stereocenters. The Balaban J connectivity index is 2.08.